The summed E-state index contributed by atoms with van der Waals surface area (Å²) >= 11 is 0.946. The van der Waals surface area contributed by atoms with Crippen LogP contribution in [0.3, 0.4) is 0 Å². The molecule has 0 aliphatic rings. The molecule has 8 heteroatoms. The number of nitrogens with one attached hydrogen (secondary N) is 1. The Morgan fingerprint density at radius 3 is 2.80 bits per heavy atom. The minimum atomic E-state index is -3.70. The number of nitrogens with zero attached hydrogens (tertiary/aromatic N) is 1. The molecule has 0 spiro atoms. The molecule has 0 atom stereocenters. The second-order valence-corrected chi connectivity index (χ2v) is 7.16. The maximum Gasteiger partial charge on any atom is 0.308 e. The minimum Gasteiger partial charge on any atom is -0.481 e. The van der Waals surface area contributed by atoms with Crippen LogP contribution in [-0.4, -0.2) is 24.5 Å². The largest absolute Gasteiger partial charge is 0.481 e. The Morgan fingerprint density at radius 1 is 1.40 bits per heavy atom. The van der Waals surface area contributed by atoms with Crippen molar-refractivity contribution in [2.75, 3.05) is 4.72 Å². The Labute approximate surface area is 120 Å². The zero-order valence-corrected chi connectivity index (χ0v) is 12.2. The van der Waals surface area contributed by atoms with Gasteiger partial charge in [0, 0.05) is 17.3 Å². The van der Waals surface area contributed by atoms with E-state index >= 15 is 0 Å². The fraction of sp³-hybridized carbons (Fsp3) is 0.167. The molecule has 0 fully saturated rings. The van der Waals surface area contributed by atoms with Crippen LogP contribution in [0.2, 0.25) is 0 Å². The maximum atomic E-state index is 12.2. The van der Waals surface area contributed by atoms with E-state index in [1.54, 1.807) is 19.2 Å². The highest BCUT2D eigenvalue weighted by atomic mass is 32.2. The van der Waals surface area contributed by atoms with Gasteiger partial charge < -0.3 is 5.11 Å². The molecule has 0 aliphatic carbocycles. The minimum absolute atomic E-state index is 0.0879. The molecule has 0 aliphatic heterocycles. The van der Waals surface area contributed by atoms with Crippen LogP contribution in [0, 0.1) is 6.92 Å². The molecule has 0 saturated heterocycles. The lowest BCUT2D eigenvalue weighted by Crippen LogP contribution is -2.12. The molecule has 2 heterocycles. The molecule has 2 N–H and O–H groups in total. The third-order valence-corrected chi connectivity index (χ3v) is 5.43. The van der Waals surface area contributed by atoms with E-state index in [1.165, 1.54) is 18.3 Å². The summed E-state index contributed by atoms with van der Waals surface area (Å²) in [6.45, 7) is 1.75. The van der Waals surface area contributed by atoms with Crippen molar-refractivity contribution >= 4 is 33.0 Å². The lowest BCUT2D eigenvalue weighted by Gasteiger charge is -2.08. The molecule has 2 aromatic rings. The highest BCUT2D eigenvalue weighted by Crippen LogP contribution is 2.25. The van der Waals surface area contributed by atoms with Crippen LogP contribution < -0.4 is 4.72 Å². The van der Waals surface area contributed by atoms with Gasteiger partial charge in [-0.3, -0.25) is 14.5 Å². The van der Waals surface area contributed by atoms with E-state index in [4.69, 9.17) is 5.11 Å². The molecule has 0 amide bonds. The first-order chi connectivity index (χ1) is 9.38. The SMILES string of the molecule is Cc1cnccc1NS(=O)(=O)c1ccc(CC(=O)O)s1. The van der Waals surface area contributed by atoms with Crippen molar-refractivity contribution < 1.29 is 18.3 Å². The third-order valence-electron chi connectivity index (χ3n) is 2.49. The number of sulfonamides is 1. The highest BCUT2D eigenvalue weighted by molar-refractivity contribution is 7.94. The van der Waals surface area contributed by atoms with E-state index in [9.17, 15) is 13.2 Å². The fourth-order valence-electron chi connectivity index (χ4n) is 1.53. The van der Waals surface area contributed by atoms with Crippen LogP contribution in [0.4, 0.5) is 5.69 Å². The van der Waals surface area contributed by atoms with E-state index in [1.807, 2.05) is 0 Å². The third kappa shape index (κ3) is 3.34. The van der Waals surface area contributed by atoms with Gasteiger partial charge >= 0.3 is 5.97 Å². The average molecular weight is 312 g/mol. The van der Waals surface area contributed by atoms with Crippen LogP contribution in [-0.2, 0) is 21.2 Å². The van der Waals surface area contributed by atoms with Gasteiger partial charge in [-0.1, -0.05) is 0 Å². The molecule has 0 aromatic carbocycles. The zero-order valence-electron chi connectivity index (χ0n) is 10.5. The van der Waals surface area contributed by atoms with E-state index < -0.39 is 16.0 Å². The quantitative estimate of drug-likeness (QED) is 0.878. The summed E-state index contributed by atoms with van der Waals surface area (Å²) in [5, 5.41) is 8.69. The zero-order chi connectivity index (χ0) is 14.8. The Bertz CT molecular complexity index is 737. The summed E-state index contributed by atoms with van der Waals surface area (Å²) in [7, 11) is -3.70. The fourth-order valence-corrected chi connectivity index (χ4v) is 4.01. The Kier molecular flexibility index (Phi) is 4.05. The van der Waals surface area contributed by atoms with Crippen molar-refractivity contribution in [3.63, 3.8) is 0 Å². The topological polar surface area (TPSA) is 96.4 Å². The number of anilines is 1. The number of pyridine rings is 1. The van der Waals surface area contributed by atoms with Crippen LogP contribution in [0.5, 0.6) is 0 Å². The lowest BCUT2D eigenvalue weighted by atomic mass is 10.3. The first-order valence-electron chi connectivity index (χ1n) is 5.62. The molecule has 0 radical (unpaired) electrons. The number of hydrogen-bond acceptors (Lipinski definition) is 5. The molecule has 2 aromatic heterocycles. The summed E-state index contributed by atoms with van der Waals surface area (Å²) in [6.07, 6.45) is 2.87. The van der Waals surface area contributed by atoms with Crippen LogP contribution in [0.15, 0.2) is 34.8 Å². The van der Waals surface area contributed by atoms with Crippen molar-refractivity contribution in [1.29, 1.82) is 0 Å². The van der Waals surface area contributed by atoms with Crippen molar-refractivity contribution in [2.45, 2.75) is 17.6 Å². The van der Waals surface area contributed by atoms with Gasteiger partial charge in [-0.25, -0.2) is 8.42 Å². The predicted octanol–water partition coefficient (Wildman–Crippen LogP) is 1.88. The summed E-state index contributed by atoms with van der Waals surface area (Å²) in [5.41, 5.74) is 1.16. The monoisotopic (exact) mass is 312 g/mol. The molecule has 6 nitrogen and oxygen atoms in total. The van der Waals surface area contributed by atoms with Gasteiger partial charge in [0.2, 0.25) is 0 Å². The molecule has 106 valence electrons. The van der Waals surface area contributed by atoms with Gasteiger partial charge in [0.05, 0.1) is 12.1 Å². The van der Waals surface area contributed by atoms with Crippen LogP contribution in [0.25, 0.3) is 0 Å². The van der Waals surface area contributed by atoms with Gasteiger partial charge in [0.1, 0.15) is 4.21 Å². The molecular weight excluding hydrogens is 300 g/mol. The molecule has 0 saturated carbocycles. The number of carboxylic acid groups (broad SMARTS) is 1. The number of aliphatic carboxylic acids is 1. The first kappa shape index (κ1) is 14.5. The van der Waals surface area contributed by atoms with Gasteiger partial charge in [0.25, 0.3) is 10.0 Å². The maximum absolute atomic E-state index is 12.2. The number of rotatable bonds is 5. The van der Waals surface area contributed by atoms with Crippen molar-refractivity contribution in [3.05, 3.63) is 41.0 Å². The van der Waals surface area contributed by atoms with Gasteiger partial charge in [-0.2, -0.15) is 0 Å². The van der Waals surface area contributed by atoms with Crippen LogP contribution in [0.1, 0.15) is 10.4 Å². The van der Waals surface area contributed by atoms with Crippen molar-refractivity contribution in [3.8, 4) is 0 Å². The lowest BCUT2D eigenvalue weighted by molar-refractivity contribution is -0.136. The van der Waals surface area contributed by atoms with E-state index in [0.29, 0.717) is 16.1 Å². The van der Waals surface area contributed by atoms with Gasteiger partial charge in [-0.15, -0.1) is 11.3 Å². The predicted molar refractivity (Wildman–Crippen MR) is 75.4 cm³/mol. The molecule has 0 bridgehead atoms. The summed E-state index contributed by atoms with van der Waals surface area (Å²) in [5.74, 6) is -0.992. The molecular formula is C12H12N2O4S2. The second kappa shape index (κ2) is 5.59. The highest BCUT2D eigenvalue weighted by Gasteiger charge is 2.18. The Balaban J connectivity index is 2.25. The van der Waals surface area contributed by atoms with Gasteiger partial charge in [0.15, 0.2) is 0 Å². The number of carboxylic acids is 1. The van der Waals surface area contributed by atoms with E-state index in [-0.39, 0.29) is 10.6 Å². The number of hydrogen-bond donors (Lipinski definition) is 2. The number of thiophene rings is 1. The van der Waals surface area contributed by atoms with E-state index in [2.05, 4.69) is 9.71 Å². The summed E-state index contributed by atoms with van der Waals surface area (Å²) < 4.78 is 26.9. The number of carbonyl (C=O) groups is 1. The normalized spacial score (nSPS) is 11.2. The number of aromatic nitrogens is 1. The van der Waals surface area contributed by atoms with Crippen molar-refractivity contribution in [1.82, 2.24) is 4.98 Å². The Morgan fingerprint density at radius 2 is 2.15 bits per heavy atom. The van der Waals surface area contributed by atoms with Gasteiger partial charge in [-0.05, 0) is 30.7 Å². The first-order valence-corrected chi connectivity index (χ1v) is 7.92. The van der Waals surface area contributed by atoms with E-state index in [0.717, 1.165) is 11.3 Å². The number of aryl methyl sites for hydroxylation is 1. The smallest absolute Gasteiger partial charge is 0.308 e. The standard InChI is InChI=1S/C12H12N2O4S2/c1-8-7-13-5-4-10(8)14-20(17,18)12-3-2-9(19-12)6-11(15)16/h2-5,7H,6H2,1H3,(H,13,14)(H,15,16). The molecule has 20 heavy (non-hydrogen) atoms. The second-order valence-electron chi connectivity index (χ2n) is 4.09. The molecule has 0 unspecified atom stereocenters. The summed E-state index contributed by atoms with van der Waals surface area (Å²) in [4.78, 5) is 15.0. The summed E-state index contributed by atoms with van der Waals surface area (Å²) in [6, 6.07) is 4.48. The Hall–Kier alpha value is -1.93. The van der Waals surface area contributed by atoms with Crippen molar-refractivity contribution in [2.24, 2.45) is 0 Å². The molecule has 2 rings (SSSR count). The van der Waals surface area contributed by atoms with Crippen LogP contribution >= 0.6 is 11.3 Å². The average Bonchev–Trinajstić information content (AvgIpc) is 2.80.